The van der Waals surface area contributed by atoms with Gasteiger partial charge in [-0.15, -0.1) is 0 Å². The van der Waals surface area contributed by atoms with Crippen LogP contribution in [0.25, 0.3) is 0 Å². The molecule has 0 fully saturated rings. The van der Waals surface area contributed by atoms with Crippen molar-refractivity contribution in [2.24, 2.45) is 0 Å². The molecular weight excluding hydrogens is 274 g/mol. The number of nitrogens with one attached hydrogen (secondary N) is 1. The van der Waals surface area contributed by atoms with Crippen molar-refractivity contribution in [1.82, 2.24) is 0 Å². The van der Waals surface area contributed by atoms with E-state index in [9.17, 15) is 4.79 Å². The Morgan fingerprint density at radius 3 is 1.68 bits per heavy atom. The van der Waals surface area contributed by atoms with Crippen LogP contribution >= 0.6 is 0 Å². The Balaban J connectivity index is 0.000000154. The van der Waals surface area contributed by atoms with Crippen LogP contribution in [-0.4, -0.2) is 6.29 Å². The zero-order valence-corrected chi connectivity index (χ0v) is 11.9. The van der Waals surface area contributed by atoms with Gasteiger partial charge in [-0.05, 0) is 24.3 Å². The van der Waals surface area contributed by atoms with E-state index in [1.165, 1.54) is 0 Å². The SMILES string of the molecule is O=Cc1ccccc1.c1ccc2c(c1)Nc1ccccc1O2. The molecule has 0 aliphatic carbocycles. The molecule has 0 spiro atoms. The van der Waals surface area contributed by atoms with E-state index in [0.29, 0.717) is 0 Å². The lowest BCUT2D eigenvalue weighted by atomic mass is 10.2. The van der Waals surface area contributed by atoms with E-state index in [0.717, 1.165) is 34.7 Å². The molecule has 0 unspecified atom stereocenters. The number of carbonyl (C=O) groups excluding carboxylic acids is 1. The van der Waals surface area contributed by atoms with Crippen molar-refractivity contribution in [3.8, 4) is 11.5 Å². The third kappa shape index (κ3) is 3.15. The van der Waals surface area contributed by atoms with Crippen molar-refractivity contribution in [2.45, 2.75) is 0 Å². The molecule has 3 nitrogen and oxygen atoms in total. The second kappa shape index (κ2) is 6.59. The van der Waals surface area contributed by atoms with Gasteiger partial charge in [-0.3, -0.25) is 4.79 Å². The molecule has 3 aromatic rings. The highest BCUT2D eigenvalue weighted by Crippen LogP contribution is 2.40. The number of hydrogen-bond donors (Lipinski definition) is 1. The number of hydrogen-bond acceptors (Lipinski definition) is 3. The Morgan fingerprint density at radius 2 is 1.18 bits per heavy atom. The van der Waals surface area contributed by atoms with Gasteiger partial charge in [0.05, 0.1) is 11.4 Å². The van der Waals surface area contributed by atoms with Gasteiger partial charge in [0.15, 0.2) is 11.5 Å². The molecular formula is C19H15NO2. The van der Waals surface area contributed by atoms with Crippen molar-refractivity contribution in [3.05, 3.63) is 84.4 Å². The smallest absolute Gasteiger partial charge is 0.150 e. The summed E-state index contributed by atoms with van der Waals surface area (Å²) in [5, 5.41) is 3.32. The minimum Gasteiger partial charge on any atom is -0.453 e. The van der Waals surface area contributed by atoms with E-state index >= 15 is 0 Å². The summed E-state index contributed by atoms with van der Waals surface area (Å²) < 4.78 is 5.71. The summed E-state index contributed by atoms with van der Waals surface area (Å²) in [5.41, 5.74) is 2.77. The number of anilines is 2. The lowest BCUT2D eigenvalue weighted by Crippen LogP contribution is -2.01. The molecule has 0 saturated heterocycles. The van der Waals surface area contributed by atoms with Gasteiger partial charge in [-0.1, -0.05) is 54.6 Å². The van der Waals surface area contributed by atoms with Gasteiger partial charge in [0.25, 0.3) is 0 Å². The Morgan fingerprint density at radius 1 is 0.682 bits per heavy atom. The lowest BCUT2D eigenvalue weighted by Gasteiger charge is -2.20. The first-order valence-electron chi connectivity index (χ1n) is 7.00. The number of fused-ring (bicyclic) bond motifs is 2. The van der Waals surface area contributed by atoms with Gasteiger partial charge in [0.1, 0.15) is 6.29 Å². The van der Waals surface area contributed by atoms with E-state index in [2.05, 4.69) is 5.32 Å². The van der Waals surface area contributed by atoms with Gasteiger partial charge >= 0.3 is 0 Å². The molecule has 108 valence electrons. The standard InChI is InChI=1S/C12H9NO.C7H6O/c1-3-7-11-9(5-1)13-10-6-2-4-8-12(10)14-11;8-6-7-4-2-1-3-5-7/h1-8,13H;1-6H. The van der Waals surface area contributed by atoms with E-state index in [4.69, 9.17) is 4.74 Å². The molecule has 1 N–H and O–H groups in total. The van der Waals surface area contributed by atoms with Crippen molar-refractivity contribution in [2.75, 3.05) is 5.32 Å². The largest absolute Gasteiger partial charge is 0.453 e. The number of benzene rings is 3. The molecule has 0 radical (unpaired) electrons. The topological polar surface area (TPSA) is 38.3 Å². The number of para-hydroxylation sites is 4. The summed E-state index contributed by atoms with van der Waals surface area (Å²) >= 11 is 0. The van der Waals surface area contributed by atoms with Crippen molar-refractivity contribution < 1.29 is 9.53 Å². The molecule has 0 saturated carbocycles. The van der Waals surface area contributed by atoms with Gasteiger partial charge in [-0.2, -0.15) is 0 Å². The van der Waals surface area contributed by atoms with Crippen LogP contribution in [0.5, 0.6) is 11.5 Å². The molecule has 3 aromatic carbocycles. The van der Waals surface area contributed by atoms with Crippen LogP contribution in [0, 0.1) is 0 Å². The quantitative estimate of drug-likeness (QED) is 0.499. The molecule has 1 heterocycles. The van der Waals surface area contributed by atoms with Crippen molar-refractivity contribution in [3.63, 3.8) is 0 Å². The van der Waals surface area contributed by atoms with E-state index in [1.807, 2.05) is 66.7 Å². The molecule has 0 atom stereocenters. The normalized spacial score (nSPS) is 10.7. The average molecular weight is 289 g/mol. The number of aldehydes is 1. The van der Waals surface area contributed by atoms with Crippen LogP contribution in [0.1, 0.15) is 10.4 Å². The Bertz CT molecular complexity index is 682. The first kappa shape index (κ1) is 13.9. The van der Waals surface area contributed by atoms with Crippen molar-refractivity contribution >= 4 is 17.7 Å². The highest BCUT2D eigenvalue weighted by atomic mass is 16.5. The molecule has 0 bridgehead atoms. The minimum atomic E-state index is 0.729. The maximum Gasteiger partial charge on any atom is 0.150 e. The highest BCUT2D eigenvalue weighted by Gasteiger charge is 2.13. The second-order valence-electron chi connectivity index (χ2n) is 4.75. The van der Waals surface area contributed by atoms with Gasteiger partial charge in [0.2, 0.25) is 0 Å². The fourth-order valence-corrected chi connectivity index (χ4v) is 2.11. The molecule has 0 aromatic heterocycles. The van der Waals surface area contributed by atoms with Gasteiger partial charge in [0, 0.05) is 5.56 Å². The third-order valence-electron chi connectivity index (χ3n) is 3.20. The predicted molar refractivity (Wildman–Crippen MR) is 88.1 cm³/mol. The van der Waals surface area contributed by atoms with Crippen LogP contribution in [0.2, 0.25) is 0 Å². The number of rotatable bonds is 1. The summed E-state index contributed by atoms with van der Waals surface area (Å²) in [4.78, 5) is 10.0. The molecule has 22 heavy (non-hydrogen) atoms. The Labute approximate surface area is 129 Å². The van der Waals surface area contributed by atoms with E-state index in [1.54, 1.807) is 12.1 Å². The summed E-state index contributed by atoms with van der Waals surface area (Å²) in [6, 6.07) is 24.9. The fourth-order valence-electron chi connectivity index (χ4n) is 2.11. The Kier molecular flexibility index (Phi) is 4.16. The zero-order valence-electron chi connectivity index (χ0n) is 11.9. The van der Waals surface area contributed by atoms with Gasteiger partial charge in [-0.25, -0.2) is 0 Å². The number of carbonyl (C=O) groups is 1. The second-order valence-corrected chi connectivity index (χ2v) is 4.75. The molecule has 1 aliphatic rings. The van der Waals surface area contributed by atoms with Crippen LogP contribution in [0.3, 0.4) is 0 Å². The highest BCUT2D eigenvalue weighted by molar-refractivity contribution is 5.75. The van der Waals surface area contributed by atoms with Crippen molar-refractivity contribution in [1.29, 1.82) is 0 Å². The third-order valence-corrected chi connectivity index (χ3v) is 3.20. The molecule has 4 rings (SSSR count). The van der Waals surface area contributed by atoms with Crippen LogP contribution in [0.15, 0.2) is 78.9 Å². The van der Waals surface area contributed by atoms with Crippen LogP contribution < -0.4 is 10.1 Å². The monoisotopic (exact) mass is 289 g/mol. The molecule has 1 aliphatic heterocycles. The fraction of sp³-hybridized carbons (Fsp3) is 0. The predicted octanol–water partition coefficient (Wildman–Crippen LogP) is 5.04. The van der Waals surface area contributed by atoms with Crippen LogP contribution in [0.4, 0.5) is 11.4 Å². The first-order valence-corrected chi connectivity index (χ1v) is 7.00. The first-order chi connectivity index (χ1) is 10.9. The number of ether oxygens (including phenoxy) is 1. The summed E-state index contributed by atoms with van der Waals surface area (Å²) in [7, 11) is 0. The maximum absolute atomic E-state index is 10.0. The minimum absolute atomic E-state index is 0.729. The zero-order chi connectivity index (χ0) is 15.2. The molecule has 3 heteroatoms. The summed E-state index contributed by atoms with van der Waals surface area (Å²) in [6.07, 6.45) is 0.833. The average Bonchev–Trinajstić information content (AvgIpc) is 2.61. The van der Waals surface area contributed by atoms with Crippen LogP contribution in [-0.2, 0) is 0 Å². The van der Waals surface area contributed by atoms with E-state index in [-0.39, 0.29) is 0 Å². The van der Waals surface area contributed by atoms with Gasteiger partial charge < -0.3 is 10.1 Å². The summed E-state index contributed by atoms with van der Waals surface area (Å²) in [6.45, 7) is 0. The summed E-state index contributed by atoms with van der Waals surface area (Å²) in [5.74, 6) is 1.76. The molecule has 0 amide bonds. The maximum atomic E-state index is 10.0. The van der Waals surface area contributed by atoms with E-state index < -0.39 is 0 Å². The Hall–Kier alpha value is -3.07. The lowest BCUT2D eigenvalue weighted by molar-refractivity contribution is 0.112.